The number of carboxylic acids is 1. The van der Waals surface area contributed by atoms with Crippen LogP contribution >= 0.6 is 12.2 Å². The molecular weight excluding hydrogens is 374 g/mol. The summed E-state index contributed by atoms with van der Waals surface area (Å²) < 4.78 is 10.8. The van der Waals surface area contributed by atoms with Crippen molar-refractivity contribution in [3.05, 3.63) is 71.3 Å². The number of rotatable bonds is 11. The summed E-state index contributed by atoms with van der Waals surface area (Å²) in [6, 6.07) is 18.0. The highest BCUT2D eigenvalue weighted by Gasteiger charge is 2.17. The summed E-state index contributed by atoms with van der Waals surface area (Å²) in [6.45, 7) is 3.38. The van der Waals surface area contributed by atoms with Gasteiger partial charge in [-0.05, 0) is 48.7 Å². The molecule has 28 heavy (non-hydrogen) atoms. The number of aliphatic carboxylic acids is 1. The van der Waals surface area contributed by atoms with Gasteiger partial charge >= 0.3 is 5.97 Å². The molecule has 150 valence electrons. The van der Waals surface area contributed by atoms with Gasteiger partial charge in [0.1, 0.15) is 0 Å². The van der Waals surface area contributed by atoms with E-state index in [0.717, 1.165) is 24.0 Å². The van der Waals surface area contributed by atoms with Crippen molar-refractivity contribution in [2.24, 2.45) is 0 Å². The van der Waals surface area contributed by atoms with Crippen LogP contribution in [-0.2, 0) is 33.7 Å². The van der Waals surface area contributed by atoms with Gasteiger partial charge in [0.05, 0.1) is 6.61 Å². The first-order valence-electron chi connectivity index (χ1n) is 9.45. The molecule has 0 heterocycles. The molecule has 6 heteroatoms. The number of nitrogens with one attached hydrogen (secondary N) is 1. The minimum Gasteiger partial charge on any atom is -0.479 e. The molecule has 0 spiro atoms. The van der Waals surface area contributed by atoms with Gasteiger partial charge in [-0.15, -0.1) is 0 Å². The lowest BCUT2D eigenvalue weighted by molar-refractivity contribution is -0.149. The minimum absolute atomic E-state index is 0.369. The van der Waals surface area contributed by atoms with Gasteiger partial charge in [-0.1, -0.05) is 54.6 Å². The highest BCUT2D eigenvalue weighted by Crippen LogP contribution is 2.11. The van der Waals surface area contributed by atoms with E-state index in [2.05, 4.69) is 5.32 Å². The van der Waals surface area contributed by atoms with E-state index < -0.39 is 12.1 Å². The van der Waals surface area contributed by atoms with Crippen molar-refractivity contribution >= 4 is 23.4 Å². The molecule has 5 nitrogen and oxygen atoms in total. The van der Waals surface area contributed by atoms with E-state index in [1.54, 1.807) is 6.92 Å². The van der Waals surface area contributed by atoms with Crippen LogP contribution in [0.3, 0.4) is 0 Å². The second-order valence-electron chi connectivity index (χ2n) is 6.38. The Kier molecular flexibility index (Phi) is 9.45. The lowest BCUT2D eigenvalue weighted by Gasteiger charge is -2.13. The first-order valence-corrected chi connectivity index (χ1v) is 9.86. The molecule has 0 fully saturated rings. The number of hydrogen-bond acceptors (Lipinski definition) is 4. The zero-order valence-electron chi connectivity index (χ0n) is 16.1. The maximum atomic E-state index is 11.2. The number of thiocarbonyl (C=S) groups is 1. The summed E-state index contributed by atoms with van der Waals surface area (Å²) in [7, 11) is 0. The maximum absolute atomic E-state index is 11.2. The van der Waals surface area contributed by atoms with E-state index in [0.29, 0.717) is 31.4 Å². The smallest absolute Gasteiger partial charge is 0.333 e. The highest BCUT2D eigenvalue weighted by atomic mass is 32.1. The van der Waals surface area contributed by atoms with Gasteiger partial charge in [0.15, 0.2) is 6.10 Å². The first kappa shape index (κ1) is 21.9. The molecule has 0 radical (unpaired) electrons. The normalized spacial score (nSPS) is 11.6. The van der Waals surface area contributed by atoms with Crippen molar-refractivity contribution in [3.63, 3.8) is 0 Å². The van der Waals surface area contributed by atoms with Crippen LogP contribution in [-0.4, -0.2) is 35.6 Å². The second-order valence-corrected chi connectivity index (χ2v) is 6.75. The van der Waals surface area contributed by atoms with Crippen molar-refractivity contribution in [2.45, 2.75) is 38.8 Å². The van der Waals surface area contributed by atoms with E-state index >= 15 is 0 Å². The molecule has 0 amide bonds. The monoisotopic (exact) mass is 401 g/mol. The Balaban J connectivity index is 1.66. The third-order valence-electron chi connectivity index (χ3n) is 4.21. The molecule has 0 unspecified atom stereocenters. The van der Waals surface area contributed by atoms with Crippen molar-refractivity contribution in [1.82, 2.24) is 5.32 Å². The number of benzene rings is 2. The Labute approximate surface area is 171 Å². The van der Waals surface area contributed by atoms with E-state index in [9.17, 15) is 4.79 Å². The molecule has 0 aliphatic heterocycles. The van der Waals surface area contributed by atoms with Gasteiger partial charge in [-0.3, -0.25) is 0 Å². The third kappa shape index (κ3) is 8.06. The lowest BCUT2D eigenvalue weighted by Crippen LogP contribution is -2.26. The molecule has 0 aliphatic rings. The van der Waals surface area contributed by atoms with E-state index in [1.165, 1.54) is 5.56 Å². The van der Waals surface area contributed by atoms with Crippen molar-refractivity contribution in [3.8, 4) is 0 Å². The van der Waals surface area contributed by atoms with Crippen LogP contribution in [0.25, 0.3) is 0 Å². The average molecular weight is 402 g/mol. The number of ether oxygens (including phenoxy) is 2. The van der Waals surface area contributed by atoms with E-state index in [1.807, 2.05) is 54.6 Å². The molecule has 0 aliphatic carbocycles. The Morgan fingerprint density at radius 1 is 1.07 bits per heavy atom. The van der Waals surface area contributed by atoms with Crippen LogP contribution in [0.15, 0.2) is 54.6 Å². The van der Waals surface area contributed by atoms with Crippen LogP contribution in [0.2, 0.25) is 0 Å². The van der Waals surface area contributed by atoms with Crippen molar-refractivity contribution < 1.29 is 19.4 Å². The Hall–Kier alpha value is -2.44. The number of hydrogen-bond donors (Lipinski definition) is 2. The summed E-state index contributed by atoms with van der Waals surface area (Å²) in [6.07, 6.45) is 1.29. The maximum Gasteiger partial charge on any atom is 0.333 e. The lowest BCUT2D eigenvalue weighted by atomic mass is 10.0. The van der Waals surface area contributed by atoms with Gasteiger partial charge in [-0.2, -0.15) is 0 Å². The fourth-order valence-electron chi connectivity index (χ4n) is 2.74. The zero-order chi connectivity index (χ0) is 20.2. The van der Waals surface area contributed by atoms with Gasteiger partial charge in [0.2, 0.25) is 0 Å². The summed E-state index contributed by atoms with van der Waals surface area (Å²) in [5, 5.41) is 12.7. The molecule has 0 saturated heterocycles. The topological polar surface area (TPSA) is 67.8 Å². The quantitative estimate of drug-likeness (QED) is 0.442. The van der Waals surface area contributed by atoms with Gasteiger partial charge in [0.25, 0.3) is 5.17 Å². The Morgan fingerprint density at radius 2 is 1.75 bits per heavy atom. The van der Waals surface area contributed by atoms with Crippen LogP contribution in [0.4, 0.5) is 0 Å². The Bertz CT molecular complexity index is 734. The zero-order valence-corrected chi connectivity index (χ0v) is 16.9. The molecule has 2 aromatic rings. The molecule has 1 atom stereocenters. The number of aryl methyl sites for hydroxylation is 1. The summed E-state index contributed by atoms with van der Waals surface area (Å²) in [4.78, 5) is 11.2. The first-order chi connectivity index (χ1) is 13.6. The number of carboxylic acid groups (broad SMARTS) is 1. The molecular formula is C22H27NO4S. The molecule has 0 aromatic heterocycles. The second kappa shape index (κ2) is 12.1. The number of carbonyl (C=O) groups is 1. The molecule has 0 saturated carbocycles. The molecule has 0 bridgehead atoms. The van der Waals surface area contributed by atoms with Crippen LogP contribution in [0, 0.1) is 0 Å². The minimum atomic E-state index is -0.931. The third-order valence-corrected chi connectivity index (χ3v) is 4.47. The summed E-state index contributed by atoms with van der Waals surface area (Å²) >= 11 is 5.19. The fraction of sp³-hybridized carbons (Fsp3) is 0.364. The fourth-order valence-corrected chi connectivity index (χ4v) is 2.89. The van der Waals surface area contributed by atoms with Gasteiger partial charge in [0, 0.05) is 19.6 Å². The Morgan fingerprint density at radius 3 is 2.39 bits per heavy atom. The predicted molar refractivity (Wildman–Crippen MR) is 113 cm³/mol. The van der Waals surface area contributed by atoms with Crippen molar-refractivity contribution in [1.29, 1.82) is 0 Å². The van der Waals surface area contributed by atoms with Crippen LogP contribution < -0.4 is 5.32 Å². The largest absolute Gasteiger partial charge is 0.479 e. The van der Waals surface area contributed by atoms with Crippen LogP contribution in [0.5, 0.6) is 0 Å². The summed E-state index contributed by atoms with van der Waals surface area (Å²) in [5.74, 6) is -0.931. The summed E-state index contributed by atoms with van der Waals surface area (Å²) in [5.41, 5.74) is 3.29. The van der Waals surface area contributed by atoms with Crippen molar-refractivity contribution in [2.75, 3.05) is 13.2 Å². The highest BCUT2D eigenvalue weighted by molar-refractivity contribution is 7.80. The van der Waals surface area contributed by atoms with E-state index in [4.69, 9.17) is 26.8 Å². The SMILES string of the molecule is CCO[C@@H](Cc1ccc(CCCOC(=S)NCc2ccccc2)cc1)C(=O)O. The standard InChI is InChI=1S/C22H27NO4S/c1-2-26-20(21(24)25)15-18-12-10-17(11-13-18)9-6-14-27-22(28)23-16-19-7-4-3-5-8-19/h3-5,7-8,10-13,20H,2,6,9,14-16H2,1H3,(H,23,28)(H,24,25)/t20-/m0/s1. The molecule has 2 N–H and O–H groups in total. The van der Waals surface area contributed by atoms with E-state index in [-0.39, 0.29) is 0 Å². The van der Waals surface area contributed by atoms with Crippen LogP contribution in [0.1, 0.15) is 30.0 Å². The molecule has 2 aromatic carbocycles. The van der Waals surface area contributed by atoms with Gasteiger partial charge < -0.3 is 19.9 Å². The molecule has 2 rings (SSSR count). The predicted octanol–water partition coefficient (Wildman–Crippen LogP) is 3.74. The average Bonchev–Trinajstić information content (AvgIpc) is 2.71. The van der Waals surface area contributed by atoms with Gasteiger partial charge in [-0.25, -0.2) is 4.79 Å².